The first-order valence-corrected chi connectivity index (χ1v) is 4.84. The number of Topliss-reactive ketones (excluding diaryl/α,β-unsaturated/α-hetero) is 1. The summed E-state index contributed by atoms with van der Waals surface area (Å²) < 4.78 is 0. The van der Waals surface area contributed by atoms with Crippen molar-refractivity contribution in [2.75, 3.05) is 0 Å². The molecule has 0 amide bonds. The quantitative estimate of drug-likeness (QED) is 0.552. The third kappa shape index (κ3) is 3.71. The molecule has 0 saturated carbocycles. The molecule has 0 heterocycles. The molecule has 0 unspecified atom stereocenters. The maximum atomic E-state index is 10.9. The molecule has 0 bridgehead atoms. The summed E-state index contributed by atoms with van der Waals surface area (Å²) in [6, 6.07) is 9.82. The highest BCUT2D eigenvalue weighted by Crippen LogP contribution is 2.05. The zero-order chi connectivity index (χ0) is 10.4. The number of ketones is 1. The molecule has 1 aromatic carbocycles. The second-order valence-electron chi connectivity index (χ2n) is 3.04. The SMILES string of the molecule is O=C(Cl)C(=O)CCCc1ccccc1. The fourth-order valence-electron chi connectivity index (χ4n) is 1.20. The van der Waals surface area contributed by atoms with Gasteiger partial charge in [0.05, 0.1) is 0 Å². The molecule has 1 rings (SSSR count). The van der Waals surface area contributed by atoms with Crippen molar-refractivity contribution >= 4 is 22.6 Å². The molecule has 3 heteroatoms. The molecular weight excluding hydrogens is 200 g/mol. The second kappa shape index (κ2) is 5.55. The van der Waals surface area contributed by atoms with E-state index in [0.717, 1.165) is 6.42 Å². The number of rotatable bonds is 5. The van der Waals surface area contributed by atoms with Crippen LogP contribution < -0.4 is 0 Å². The zero-order valence-corrected chi connectivity index (χ0v) is 8.46. The number of benzene rings is 1. The first-order valence-electron chi connectivity index (χ1n) is 4.47. The van der Waals surface area contributed by atoms with Crippen LogP contribution in [0.1, 0.15) is 18.4 Å². The average Bonchev–Trinajstić information content (AvgIpc) is 2.19. The number of hydrogen-bond donors (Lipinski definition) is 0. The van der Waals surface area contributed by atoms with E-state index in [0.29, 0.717) is 6.42 Å². The Morgan fingerprint density at radius 2 is 1.79 bits per heavy atom. The van der Waals surface area contributed by atoms with Crippen LogP contribution in [-0.2, 0) is 16.0 Å². The Kier molecular flexibility index (Phi) is 4.33. The van der Waals surface area contributed by atoms with Gasteiger partial charge in [0.2, 0.25) is 5.78 Å². The standard InChI is InChI=1S/C11H11ClO2/c12-11(14)10(13)8-4-7-9-5-2-1-3-6-9/h1-3,5-6H,4,7-8H2. The number of carbonyl (C=O) groups excluding carboxylic acids is 2. The van der Waals surface area contributed by atoms with Crippen molar-refractivity contribution in [3.05, 3.63) is 35.9 Å². The van der Waals surface area contributed by atoms with E-state index in [2.05, 4.69) is 0 Å². The summed E-state index contributed by atoms with van der Waals surface area (Å²) in [6.45, 7) is 0. The highest BCUT2D eigenvalue weighted by Gasteiger charge is 2.08. The fourth-order valence-corrected chi connectivity index (χ4v) is 1.29. The van der Waals surface area contributed by atoms with E-state index in [4.69, 9.17) is 11.6 Å². The van der Waals surface area contributed by atoms with Crippen LogP contribution in [0.3, 0.4) is 0 Å². The molecule has 0 N–H and O–H groups in total. The lowest BCUT2D eigenvalue weighted by Crippen LogP contribution is -2.06. The summed E-state index contributed by atoms with van der Waals surface area (Å²) in [7, 11) is 0. The van der Waals surface area contributed by atoms with E-state index in [1.807, 2.05) is 30.3 Å². The van der Waals surface area contributed by atoms with Crippen molar-refractivity contribution in [2.24, 2.45) is 0 Å². The van der Waals surface area contributed by atoms with Gasteiger partial charge in [-0.05, 0) is 30.0 Å². The van der Waals surface area contributed by atoms with E-state index < -0.39 is 11.0 Å². The lowest BCUT2D eigenvalue weighted by molar-refractivity contribution is -0.132. The molecule has 1 aromatic rings. The molecule has 2 nitrogen and oxygen atoms in total. The third-order valence-electron chi connectivity index (χ3n) is 1.93. The monoisotopic (exact) mass is 210 g/mol. The number of hydrogen-bond acceptors (Lipinski definition) is 2. The maximum Gasteiger partial charge on any atom is 0.288 e. The van der Waals surface area contributed by atoms with Gasteiger partial charge in [-0.25, -0.2) is 0 Å². The molecule has 0 radical (unpaired) electrons. The molecule has 0 aromatic heterocycles. The Hall–Kier alpha value is -1.15. The second-order valence-corrected chi connectivity index (χ2v) is 3.38. The highest BCUT2D eigenvalue weighted by atomic mass is 35.5. The van der Waals surface area contributed by atoms with Crippen molar-refractivity contribution in [3.63, 3.8) is 0 Å². The van der Waals surface area contributed by atoms with Crippen LogP contribution in [0.4, 0.5) is 0 Å². The number of aryl methyl sites for hydroxylation is 1. The van der Waals surface area contributed by atoms with Crippen LogP contribution in [0.2, 0.25) is 0 Å². The van der Waals surface area contributed by atoms with Crippen LogP contribution in [0.25, 0.3) is 0 Å². The molecule has 0 aliphatic heterocycles. The van der Waals surface area contributed by atoms with Crippen molar-refractivity contribution in [3.8, 4) is 0 Å². The molecule has 0 saturated heterocycles. The van der Waals surface area contributed by atoms with Crippen LogP contribution in [-0.4, -0.2) is 11.0 Å². The molecular formula is C11H11ClO2. The van der Waals surface area contributed by atoms with Gasteiger partial charge in [0.25, 0.3) is 5.24 Å². The normalized spacial score (nSPS) is 9.79. The zero-order valence-electron chi connectivity index (χ0n) is 7.70. The molecule has 0 spiro atoms. The van der Waals surface area contributed by atoms with Gasteiger partial charge in [-0.2, -0.15) is 0 Å². The van der Waals surface area contributed by atoms with Gasteiger partial charge in [-0.3, -0.25) is 9.59 Å². The molecule has 0 atom stereocenters. The van der Waals surface area contributed by atoms with E-state index in [1.165, 1.54) is 5.56 Å². The summed E-state index contributed by atoms with van der Waals surface area (Å²) >= 11 is 5.02. The summed E-state index contributed by atoms with van der Waals surface area (Å²) in [5.41, 5.74) is 1.17. The largest absolute Gasteiger partial charge is 0.289 e. The molecule has 0 aliphatic carbocycles. The van der Waals surface area contributed by atoms with Crippen molar-refractivity contribution < 1.29 is 9.59 Å². The van der Waals surface area contributed by atoms with Crippen molar-refractivity contribution in [1.82, 2.24) is 0 Å². The Labute approximate surface area is 87.9 Å². The summed E-state index contributed by atoms with van der Waals surface area (Å²) in [5, 5.41) is -0.863. The van der Waals surface area contributed by atoms with Crippen LogP contribution in [0, 0.1) is 0 Å². The smallest absolute Gasteiger partial charge is 0.288 e. The summed E-state index contributed by atoms with van der Waals surface area (Å²) in [4.78, 5) is 21.3. The minimum absolute atomic E-state index is 0.233. The van der Waals surface area contributed by atoms with E-state index in [1.54, 1.807) is 0 Å². The molecule has 0 aliphatic rings. The Balaban J connectivity index is 2.29. The topological polar surface area (TPSA) is 34.1 Å². The minimum atomic E-state index is -0.863. The van der Waals surface area contributed by atoms with Crippen LogP contribution >= 0.6 is 11.6 Å². The van der Waals surface area contributed by atoms with Gasteiger partial charge in [0.1, 0.15) is 0 Å². The minimum Gasteiger partial charge on any atom is -0.289 e. The van der Waals surface area contributed by atoms with Gasteiger partial charge < -0.3 is 0 Å². The van der Waals surface area contributed by atoms with Crippen LogP contribution in [0.15, 0.2) is 30.3 Å². The van der Waals surface area contributed by atoms with E-state index in [9.17, 15) is 9.59 Å². The Morgan fingerprint density at radius 3 is 2.36 bits per heavy atom. The Bertz CT molecular complexity index is 319. The fraction of sp³-hybridized carbons (Fsp3) is 0.273. The lowest BCUT2D eigenvalue weighted by Gasteiger charge is -1.98. The number of carbonyl (C=O) groups is 2. The molecule has 14 heavy (non-hydrogen) atoms. The van der Waals surface area contributed by atoms with Gasteiger partial charge in [-0.1, -0.05) is 30.3 Å². The Morgan fingerprint density at radius 1 is 1.14 bits per heavy atom. The predicted octanol–water partition coefficient (Wildman–Crippen LogP) is 2.34. The lowest BCUT2D eigenvalue weighted by atomic mass is 10.1. The van der Waals surface area contributed by atoms with Gasteiger partial charge >= 0.3 is 0 Å². The van der Waals surface area contributed by atoms with E-state index >= 15 is 0 Å². The van der Waals surface area contributed by atoms with Crippen LogP contribution in [0.5, 0.6) is 0 Å². The molecule has 0 fully saturated rings. The summed E-state index contributed by atoms with van der Waals surface area (Å²) in [5.74, 6) is -0.498. The third-order valence-corrected chi connectivity index (χ3v) is 2.14. The van der Waals surface area contributed by atoms with Gasteiger partial charge in [0.15, 0.2) is 0 Å². The first-order chi connectivity index (χ1) is 6.70. The first kappa shape index (κ1) is 10.9. The molecule has 74 valence electrons. The van der Waals surface area contributed by atoms with E-state index in [-0.39, 0.29) is 6.42 Å². The summed E-state index contributed by atoms with van der Waals surface area (Å²) in [6.07, 6.45) is 1.70. The van der Waals surface area contributed by atoms with Gasteiger partial charge in [-0.15, -0.1) is 0 Å². The predicted molar refractivity (Wildman–Crippen MR) is 55.2 cm³/mol. The average molecular weight is 211 g/mol. The maximum absolute atomic E-state index is 10.9. The highest BCUT2D eigenvalue weighted by molar-refractivity contribution is 6.81. The van der Waals surface area contributed by atoms with Gasteiger partial charge in [0, 0.05) is 6.42 Å². The van der Waals surface area contributed by atoms with Crippen molar-refractivity contribution in [2.45, 2.75) is 19.3 Å². The number of halogens is 1. The van der Waals surface area contributed by atoms with Crippen molar-refractivity contribution in [1.29, 1.82) is 0 Å².